The molecular formula is C30H36FN5. The molecule has 2 aliphatic rings. The summed E-state index contributed by atoms with van der Waals surface area (Å²) in [6.45, 7) is 7.39. The number of allylic oxidation sites excluding steroid dienone is 8. The number of hydrogen-bond acceptors (Lipinski definition) is 4. The third kappa shape index (κ3) is 5.34. The van der Waals surface area contributed by atoms with E-state index in [-0.39, 0.29) is 5.82 Å². The van der Waals surface area contributed by atoms with Gasteiger partial charge < -0.3 is 21.0 Å². The molecule has 1 heterocycles. The van der Waals surface area contributed by atoms with Crippen molar-refractivity contribution in [3.05, 3.63) is 101 Å². The first-order valence-corrected chi connectivity index (χ1v) is 12.6. The van der Waals surface area contributed by atoms with Gasteiger partial charge in [0.2, 0.25) is 0 Å². The van der Waals surface area contributed by atoms with E-state index in [1.807, 2.05) is 17.8 Å². The molecule has 4 rings (SSSR count). The molecule has 188 valence electrons. The zero-order valence-electron chi connectivity index (χ0n) is 21.3. The van der Waals surface area contributed by atoms with E-state index in [1.54, 1.807) is 18.3 Å². The van der Waals surface area contributed by atoms with Gasteiger partial charge in [0.1, 0.15) is 11.6 Å². The Morgan fingerprint density at radius 2 is 2.06 bits per heavy atom. The van der Waals surface area contributed by atoms with Gasteiger partial charge in [-0.25, -0.2) is 9.37 Å². The summed E-state index contributed by atoms with van der Waals surface area (Å²) in [4.78, 5) is 4.66. The molecule has 1 aromatic heterocycles. The second-order valence-electron chi connectivity index (χ2n) is 9.89. The first-order chi connectivity index (χ1) is 17.4. The van der Waals surface area contributed by atoms with Crippen molar-refractivity contribution in [2.24, 2.45) is 18.2 Å². The lowest BCUT2D eigenvalue weighted by molar-refractivity contribution is 0.436. The zero-order chi connectivity index (χ0) is 25.7. The Hall–Kier alpha value is -3.51. The van der Waals surface area contributed by atoms with Crippen molar-refractivity contribution in [1.82, 2.24) is 9.55 Å². The monoisotopic (exact) mass is 485 g/mol. The number of aromatic nitrogens is 2. The van der Waals surface area contributed by atoms with Gasteiger partial charge in [0.25, 0.3) is 0 Å². The Labute approximate surface area is 213 Å². The molecular weight excluding hydrogens is 449 g/mol. The van der Waals surface area contributed by atoms with Crippen LogP contribution in [0.5, 0.6) is 0 Å². The number of hydrogen-bond donors (Lipinski definition) is 3. The fourth-order valence-electron chi connectivity index (χ4n) is 5.25. The van der Waals surface area contributed by atoms with Crippen molar-refractivity contribution in [2.45, 2.75) is 45.4 Å². The minimum atomic E-state index is -0.417. The van der Waals surface area contributed by atoms with Gasteiger partial charge in [-0.2, -0.15) is 0 Å². The second kappa shape index (κ2) is 11.0. The molecule has 1 atom stereocenters. The quantitative estimate of drug-likeness (QED) is 0.328. The van der Waals surface area contributed by atoms with Gasteiger partial charge in [-0.3, -0.25) is 0 Å². The smallest absolute Gasteiger partial charge is 0.135 e. The Kier molecular flexibility index (Phi) is 7.85. The molecule has 0 amide bonds. The van der Waals surface area contributed by atoms with E-state index in [0.717, 1.165) is 60.5 Å². The average molecular weight is 486 g/mol. The minimum Gasteiger partial charge on any atom is -0.355 e. The number of halogens is 1. The van der Waals surface area contributed by atoms with E-state index in [0.29, 0.717) is 13.0 Å². The molecule has 36 heavy (non-hydrogen) atoms. The van der Waals surface area contributed by atoms with E-state index in [2.05, 4.69) is 42.0 Å². The third-order valence-electron chi connectivity index (χ3n) is 7.36. The summed E-state index contributed by atoms with van der Waals surface area (Å²) >= 11 is 0. The van der Waals surface area contributed by atoms with Crippen LogP contribution in [0, 0.1) is 16.6 Å². The topological polar surface area (TPSA) is 79.7 Å². The van der Waals surface area contributed by atoms with Crippen molar-refractivity contribution in [2.75, 3.05) is 11.9 Å². The van der Waals surface area contributed by atoms with E-state index < -0.39 is 5.41 Å². The van der Waals surface area contributed by atoms with Crippen molar-refractivity contribution in [1.29, 1.82) is 5.41 Å². The molecule has 2 aliphatic carbocycles. The first-order valence-electron chi connectivity index (χ1n) is 12.6. The maximum absolute atomic E-state index is 13.5. The number of nitrogens with two attached hydrogens (primary N) is 1. The van der Waals surface area contributed by atoms with Gasteiger partial charge in [0.15, 0.2) is 0 Å². The lowest BCUT2D eigenvalue weighted by Crippen LogP contribution is -2.32. The van der Waals surface area contributed by atoms with Crippen LogP contribution in [0.2, 0.25) is 0 Å². The van der Waals surface area contributed by atoms with E-state index in [9.17, 15) is 4.39 Å². The molecule has 0 radical (unpaired) electrons. The SMILES string of the molecule is C=C(c1nccn1C)C1(CC2=CC=C(C)CC2)CC(C=N)=C(Nc2ccc(F)cc2)C=C1CCCN. The Morgan fingerprint density at radius 1 is 1.28 bits per heavy atom. The fraction of sp³-hybridized carbons (Fsp3) is 0.333. The molecule has 6 heteroatoms. The molecule has 2 aromatic rings. The molecule has 0 aliphatic heterocycles. The summed E-state index contributed by atoms with van der Waals surface area (Å²) < 4.78 is 15.5. The largest absolute Gasteiger partial charge is 0.355 e. The normalized spacial score (nSPS) is 19.9. The molecule has 0 bridgehead atoms. The molecule has 4 N–H and O–H groups in total. The van der Waals surface area contributed by atoms with Gasteiger partial charge in [-0.05, 0) is 93.5 Å². The molecule has 0 spiro atoms. The number of imidazole rings is 1. The highest BCUT2D eigenvalue weighted by Crippen LogP contribution is 2.54. The van der Waals surface area contributed by atoms with Gasteiger partial charge >= 0.3 is 0 Å². The number of aryl methyl sites for hydroxylation is 1. The van der Waals surface area contributed by atoms with Gasteiger partial charge in [-0.15, -0.1) is 0 Å². The van der Waals surface area contributed by atoms with E-state index in [4.69, 9.17) is 11.1 Å². The Bertz CT molecular complexity index is 1260. The molecule has 1 unspecified atom stereocenters. The van der Waals surface area contributed by atoms with Crippen LogP contribution in [0.3, 0.4) is 0 Å². The molecule has 0 fully saturated rings. The second-order valence-corrected chi connectivity index (χ2v) is 9.89. The Balaban J connectivity index is 1.82. The predicted molar refractivity (Wildman–Crippen MR) is 147 cm³/mol. The van der Waals surface area contributed by atoms with Crippen LogP contribution in [-0.2, 0) is 7.05 Å². The summed E-state index contributed by atoms with van der Waals surface area (Å²) in [6.07, 6.45) is 17.0. The Morgan fingerprint density at radius 3 is 2.67 bits per heavy atom. The van der Waals surface area contributed by atoms with Crippen LogP contribution in [0.1, 0.15) is 51.3 Å². The molecule has 0 saturated carbocycles. The molecule has 5 nitrogen and oxygen atoms in total. The average Bonchev–Trinajstić information content (AvgIpc) is 3.31. The maximum atomic E-state index is 13.5. The van der Waals surface area contributed by atoms with Crippen molar-refractivity contribution in [3.8, 4) is 0 Å². The number of nitrogens with one attached hydrogen (secondary N) is 2. The molecule has 1 aromatic carbocycles. The highest BCUT2D eigenvalue weighted by Gasteiger charge is 2.42. The summed E-state index contributed by atoms with van der Waals surface area (Å²) in [5, 5.41) is 11.7. The van der Waals surface area contributed by atoms with Crippen LogP contribution in [0.15, 0.2) is 89.5 Å². The zero-order valence-corrected chi connectivity index (χ0v) is 21.3. The highest BCUT2D eigenvalue weighted by molar-refractivity contribution is 5.83. The van der Waals surface area contributed by atoms with Crippen LogP contribution in [0.4, 0.5) is 10.1 Å². The summed E-state index contributed by atoms with van der Waals surface area (Å²) in [5.41, 5.74) is 13.1. The number of rotatable bonds is 10. The standard InChI is InChI=1S/C30H36FN5/c1-21-6-8-23(9-7-21)18-30(22(2)29-34-15-16-36(29)3)19-24(20-33)28(17-25(30)5-4-14-32)35-27-12-10-26(31)11-13-27/h6,8,10-13,15-17,20,33,35H,2,4-5,7,9,14,18-19,32H2,1,3H3. The summed E-state index contributed by atoms with van der Waals surface area (Å²) in [5.74, 6) is 0.580. The predicted octanol–water partition coefficient (Wildman–Crippen LogP) is 6.70. The summed E-state index contributed by atoms with van der Waals surface area (Å²) in [6, 6.07) is 6.31. The minimum absolute atomic E-state index is 0.278. The van der Waals surface area contributed by atoms with Crippen LogP contribution >= 0.6 is 0 Å². The van der Waals surface area contributed by atoms with Crippen LogP contribution < -0.4 is 11.1 Å². The van der Waals surface area contributed by atoms with E-state index >= 15 is 0 Å². The third-order valence-corrected chi connectivity index (χ3v) is 7.36. The summed E-state index contributed by atoms with van der Waals surface area (Å²) in [7, 11) is 1.99. The lowest BCUT2D eigenvalue weighted by atomic mass is 9.62. The van der Waals surface area contributed by atoms with E-state index in [1.165, 1.54) is 35.1 Å². The number of anilines is 1. The van der Waals surface area contributed by atoms with Crippen LogP contribution in [0.25, 0.3) is 5.57 Å². The van der Waals surface area contributed by atoms with Gasteiger partial charge in [-0.1, -0.05) is 35.5 Å². The molecule has 0 saturated heterocycles. The number of nitrogens with zero attached hydrogens (tertiary/aromatic N) is 2. The first kappa shape index (κ1) is 25.6. The van der Waals surface area contributed by atoms with Crippen molar-refractivity contribution < 1.29 is 4.39 Å². The van der Waals surface area contributed by atoms with Gasteiger partial charge in [0, 0.05) is 42.5 Å². The highest BCUT2D eigenvalue weighted by atomic mass is 19.1. The van der Waals surface area contributed by atoms with Crippen LogP contribution in [-0.4, -0.2) is 22.3 Å². The number of benzene rings is 1. The van der Waals surface area contributed by atoms with Crippen molar-refractivity contribution >= 4 is 17.5 Å². The van der Waals surface area contributed by atoms with Gasteiger partial charge in [0.05, 0.1) is 0 Å². The maximum Gasteiger partial charge on any atom is 0.135 e. The lowest BCUT2D eigenvalue weighted by Gasteiger charge is -2.43. The van der Waals surface area contributed by atoms with Crippen molar-refractivity contribution in [3.63, 3.8) is 0 Å². The fourth-order valence-corrected chi connectivity index (χ4v) is 5.25.